The molecule has 0 spiro atoms. The molecule has 1 aromatic heterocycles. The van der Waals surface area contributed by atoms with Gasteiger partial charge < -0.3 is 14.9 Å². The first kappa shape index (κ1) is 18.8. The zero-order valence-electron chi connectivity index (χ0n) is 14.0. The maximum Gasteiger partial charge on any atom is 0.342 e. The van der Waals surface area contributed by atoms with Gasteiger partial charge in [-0.2, -0.15) is 0 Å². The maximum absolute atomic E-state index is 11.6. The van der Waals surface area contributed by atoms with Crippen molar-refractivity contribution in [2.24, 2.45) is 0 Å². The van der Waals surface area contributed by atoms with E-state index < -0.39 is 5.97 Å². The van der Waals surface area contributed by atoms with E-state index in [-0.39, 0.29) is 15.8 Å². The van der Waals surface area contributed by atoms with Gasteiger partial charge in [0, 0.05) is 10.6 Å². The van der Waals surface area contributed by atoms with E-state index in [1.54, 1.807) is 36.4 Å². The molecule has 3 rings (SSSR count). The SMILES string of the molecule is COc1ccc(/C=C(\Sc2n[nH]c(-c3ccc(Cl)cc3)n2)C(=O)O)cc1O. The summed E-state index contributed by atoms with van der Waals surface area (Å²) in [5.74, 6) is -0.406. The van der Waals surface area contributed by atoms with Crippen molar-refractivity contribution in [3.8, 4) is 22.9 Å². The first-order valence-corrected chi connectivity index (χ1v) is 8.84. The van der Waals surface area contributed by atoms with Crippen molar-refractivity contribution < 1.29 is 19.7 Å². The van der Waals surface area contributed by atoms with Gasteiger partial charge in [-0.05, 0) is 59.8 Å². The van der Waals surface area contributed by atoms with E-state index in [4.69, 9.17) is 16.3 Å². The van der Waals surface area contributed by atoms with Gasteiger partial charge in [0.2, 0.25) is 5.16 Å². The molecule has 1 heterocycles. The molecule has 0 fully saturated rings. The molecule has 0 aliphatic carbocycles. The van der Waals surface area contributed by atoms with E-state index in [0.717, 1.165) is 17.3 Å². The predicted octanol–water partition coefficient (Wildman–Crippen LogP) is 4.06. The Balaban J connectivity index is 1.84. The van der Waals surface area contributed by atoms with E-state index in [2.05, 4.69) is 15.2 Å². The number of aromatic nitrogens is 3. The number of carboxylic acid groups (broad SMARTS) is 1. The number of nitrogens with zero attached hydrogens (tertiary/aromatic N) is 2. The van der Waals surface area contributed by atoms with Gasteiger partial charge in [0.25, 0.3) is 0 Å². The molecular formula is C18H14ClN3O4S. The lowest BCUT2D eigenvalue weighted by molar-refractivity contribution is -0.131. The van der Waals surface area contributed by atoms with Crippen molar-refractivity contribution in [2.75, 3.05) is 7.11 Å². The second-order valence-corrected chi connectivity index (χ2v) is 6.77. The Morgan fingerprint density at radius 2 is 2.00 bits per heavy atom. The van der Waals surface area contributed by atoms with Crippen LogP contribution in [-0.4, -0.2) is 38.5 Å². The second kappa shape index (κ2) is 8.15. The lowest BCUT2D eigenvalue weighted by atomic mass is 10.2. The van der Waals surface area contributed by atoms with Crippen LogP contribution in [-0.2, 0) is 4.79 Å². The number of aromatic hydroxyl groups is 1. The predicted molar refractivity (Wildman–Crippen MR) is 103 cm³/mol. The lowest BCUT2D eigenvalue weighted by Crippen LogP contribution is -1.97. The van der Waals surface area contributed by atoms with Crippen LogP contribution in [0.5, 0.6) is 11.5 Å². The number of methoxy groups -OCH3 is 1. The van der Waals surface area contributed by atoms with Crippen molar-refractivity contribution in [1.82, 2.24) is 15.2 Å². The Hall–Kier alpha value is -2.97. The normalized spacial score (nSPS) is 11.4. The molecule has 0 aliphatic rings. The summed E-state index contributed by atoms with van der Waals surface area (Å²) in [5.41, 5.74) is 1.28. The summed E-state index contributed by atoms with van der Waals surface area (Å²) in [5, 5.41) is 27.0. The highest BCUT2D eigenvalue weighted by molar-refractivity contribution is 8.04. The molecule has 0 saturated carbocycles. The second-order valence-electron chi connectivity index (χ2n) is 5.32. The van der Waals surface area contributed by atoms with Crippen molar-refractivity contribution in [1.29, 1.82) is 0 Å². The van der Waals surface area contributed by atoms with Gasteiger partial charge in [-0.3, -0.25) is 5.10 Å². The summed E-state index contributed by atoms with van der Waals surface area (Å²) in [6, 6.07) is 11.6. The number of carbonyl (C=O) groups is 1. The Morgan fingerprint density at radius 1 is 1.26 bits per heavy atom. The summed E-state index contributed by atoms with van der Waals surface area (Å²) in [6.07, 6.45) is 1.42. The number of ether oxygens (including phenoxy) is 1. The highest BCUT2D eigenvalue weighted by atomic mass is 35.5. The smallest absolute Gasteiger partial charge is 0.342 e. The van der Waals surface area contributed by atoms with Gasteiger partial charge in [0.1, 0.15) is 4.91 Å². The van der Waals surface area contributed by atoms with Crippen LogP contribution in [0.2, 0.25) is 5.02 Å². The van der Waals surface area contributed by atoms with Gasteiger partial charge in [0.15, 0.2) is 17.3 Å². The molecule has 7 nitrogen and oxygen atoms in total. The number of hydrogen-bond donors (Lipinski definition) is 3. The number of halogens is 1. The quantitative estimate of drug-likeness (QED) is 0.420. The van der Waals surface area contributed by atoms with E-state index in [9.17, 15) is 15.0 Å². The molecule has 0 amide bonds. The van der Waals surface area contributed by atoms with Crippen molar-refractivity contribution in [3.05, 3.63) is 58.0 Å². The number of rotatable bonds is 6. The molecule has 0 aliphatic heterocycles. The number of phenolic OH excluding ortho intramolecular Hbond substituents is 1. The van der Waals surface area contributed by atoms with Crippen LogP contribution in [0.1, 0.15) is 5.56 Å². The first-order valence-electron chi connectivity index (χ1n) is 7.64. The van der Waals surface area contributed by atoms with Gasteiger partial charge in [-0.25, -0.2) is 9.78 Å². The molecule has 2 aromatic carbocycles. The van der Waals surface area contributed by atoms with Gasteiger partial charge >= 0.3 is 5.97 Å². The third-order valence-electron chi connectivity index (χ3n) is 3.50. The van der Waals surface area contributed by atoms with E-state index >= 15 is 0 Å². The first-order chi connectivity index (χ1) is 13.0. The largest absolute Gasteiger partial charge is 0.504 e. The van der Waals surface area contributed by atoms with Crippen LogP contribution < -0.4 is 4.74 Å². The van der Waals surface area contributed by atoms with Crippen molar-refractivity contribution in [3.63, 3.8) is 0 Å². The number of hydrogen-bond acceptors (Lipinski definition) is 6. The molecular weight excluding hydrogens is 390 g/mol. The zero-order chi connectivity index (χ0) is 19.4. The van der Waals surface area contributed by atoms with E-state index in [1.807, 2.05) is 0 Å². The molecule has 3 aromatic rings. The van der Waals surface area contributed by atoms with Crippen LogP contribution in [0.4, 0.5) is 0 Å². The monoisotopic (exact) mass is 403 g/mol. The van der Waals surface area contributed by atoms with Crippen LogP contribution in [0, 0.1) is 0 Å². The third-order valence-corrected chi connectivity index (χ3v) is 4.62. The zero-order valence-corrected chi connectivity index (χ0v) is 15.6. The van der Waals surface area contributed by atoms with Crippen LogP contribution in [0.15, 0.2) is 52.5 Å². The van der Waals surface area contributed by atoms with Gasteiger partial charge in [-0.1, -0.05) is 17.7 Å². The number of H-pyrrole nitrogens is 1. The minimum atomic E-state index is -1.13. The molecule has 0 atom stereocenters. The summed E-state index contributed by atoms with van der Waals surface area (Å²) >= 11 is 6.76. The van der Waals surface area contributed by atoms with E-state index in [0.29, 0.717) is 22.2 Å². The Labute approximate surface area is 163 Å². The Kier molecular flexibility index (Phi) is 5.68. The Morgan fingerprint density at radius 3 is 2.63 bits per heavy atom. The summed E-state index contributed by atoms with van der Waals surface area (Å²) in [4.78, 5) is 15.9. The molecule has 3 N–H and O–H groups in total. The van der Waals surface area contributed by atoms with Crippen LogP contribution >= 0.6 is 23.4 Å². The number of aliphatic carboxylic acids is 1. The number of carboxylic acids is 1. The Bertz CT molecular complexity index is 1000. The van der Waals surface area contributed by atoms with Crippen molar-refractivity contribution in [2.45, 2.75) is 5.16 Å². The fraction of sp³-hybridized carbons (Fsp3) is 0.0556. The minimum absolute atomic E-state index is 0.00113. The highest BCUT2D eigenvalue weighted by Gasteiger charge is 2.15. The summed E-state index contributed by atoms with van der Waals surface area (Å²) in [7, 11) is 1.44. The van der Waals surface area contributed by atoms with E-state index in [1.165, 1.54) is 19.3 Å². The number of phenols is 1. The molecule has 0 bridgehead atoms. The fourth-order valence-corrected chi connectivity index (χ4v) is 3.04. The molecule has 0 unspecified atom stereocenters. The number of benzene rings is 2. The minimum Gasteiger partial charge on any atom is -0.504 e. The number of thioether (sulfide) groups is 1. The van der Waals surface area contributed by atoms with Crippen LogP contribution in [0.3, 0.4) is 0 Å². The average molecular weight is 404 g/mol. The maximum atomic E-state index is 11.6. The molecule has 9 heteroatoms. The topological polar surface area (TPSA) is 108 Å². The molecule has 0 saturated heterocycles. The highest BCUT2D eigenvalue weighted by Crippen LogP contribution is 2.31. The molecule has 138 valence electrons. The number of aromatic amines is 1. The number of nitrogens with one attached hydrogen (secondary N) is 1. The third kappa shape index (κ3) is 4.60. The van der Waals surface area contributed by atoms with Crippen molar-refractivity contribution >= 4 is 35.4 Å². The fourth-order valence-electron chi connectivity index (χ4n) is 2.21. The standard InChI is InChI=1S/C18H14ClN3O4S/c1-26-14-7-2-10(8-13(14)23)9-15(17(24)25)27-18-20-16(21-22-18)11-3-5-12(19)6-4-11/h2-9,23H,1H3,(H,24,25)(H,20,21,22)/b15-9-. The van der Waals surface area contributed by atoms with Crippen LogP contribution in [0.25, 0.3) is 17.5 Å². The molecule has 27 heavy (non-hydrogen) atoms. The van der Waals surface area contributed by atoms with Gasteiger partial charge in [-0.15, -0.1) is 5.10 Å². The average Bonchev–Trinajstić information content (AvgIpc) is 3.10. The molecule has 0 radical (unpaired) electrons. The van der Waals surface area contributed by atoms with Gasteiger partial charge in [0.05, 0.1) is 7.11 Å². The lowest BCUT2D eigenvalue weighted by Gasteiger charge is -2.04. The summed E-state index contributed by atoms with van der Waals surface area (Å²) < 4.78 is 4.98. The summed E-state index contributed by atoms with van der Waals surface area (Å²) in [6.45, 7) is 0.